The topological polar surface area (TPSA) is 72.8 Å². The van der Waals surface area contributed by atoms with Gasteiger partial charge >= 0.3 is 11.9 Å². The number of rotatable bonds is 9. The fourth-order valence-electron chi connectivity index (χ4n) is 2.09. The molecule has 1 N–H and O–H groups in total. The number of aliphatic hydroxyl groups excluding tert-OH is 1. The Morgan fingerprint density at radius 3 is 2.08 bits per heavy atom. The predicted molar refractivity (Wildman–Crippen MR) is 91.2 cm³/mol. The summed E-state index contributed by atoms with van der Waals surface area (Å²) in [5.74, 6) is -1.34. The van der Waals surface area contributed by atoms with E-state index in [4.69, 9.17) is 9.47 Å². The summed E-state index contributed by atoms with van der Waals surface area (Å²) >= 11 is 0. The number of carbonyl (C=O) groups is 2. The Morgan fingerprint density at radius 2 is 1.54 bits per heavy atom. The molecule has 0 aliphatic carbocycles. The van der Waals surface area contributed by atoms with Gasteiger partial charge in [-0.05, 0) is 31.9 Å². The molecular formula is C19H24O5. The maximum Gasteiger partial charge on any atom is 0.330 e. The average Bonchev–Trinajstić information content (AvgIpc) is 2.58. The summed E-state index contributed by atoms with van der Waals surface area (Å²) in [6.45, 7) is 4.00. The summed E-state index contributed by atoms with van der Waals surface area (Å²) in [6, 6.07) is 9.59. The van der Waals surface area contributed by atoms with Crippen LogP contribution in [0.3, 0.4) is 0 Å². The van der Waals surface area contributed by atoms with Gasteiger partial charge in [-0.2, -0.15) is 0 Å². The second kappa shape index (κ2) is 11.2. The first-order chi connectivity index (χ1) is 11.6. The summed E-state index contributed by atoms with van der Waals surface area (Å²) in [7, 11) is 0. The minimum absolute atomic E-state index is 0.273. The zero-order valence-corrected chi connectivity index (χ0v) is 14.1. The Balaban J connectivity index is 2.82. The maximum atomic E-state index is 11.5. The lowest BCUT2D eigenvalue weighted by Gasteiger charge is -2.17. The van der Waals surface area contributed by atoms with Gasteiger partial charge < -0.3 is 14.6 Å². The third-order valence-electron chi connectivity index (χ3n) is 3.24. The standard InChI is InChI=1S/C19H24O5/c1-3-23-18(21)12-10-16(14-15-8-6-5-7-9-15)17(20)11-13-19(22)24-4-2/h5-13,16-17,20H,3-4,14H2,1-2H3/b12-10+,13-11+/t16-,17+/m0/s1. The number of carbonyl (C=O) groups excluding carboxylic acids is 2. The lowest BCUT2D eigenvalue weighted by atomic mass is 9.93. The van der Waals surface area contributed by atoms with Crippen molar-refractivity contribution in [2.24, 2.45) is 5.92 Å². The maximum absolute atomic E-state index is 11.5. The van der Waals surface area contributed by atoms with Gasteiger partial charge in [0.05, 0.1) is 19.3 Å². The summed E-state index contributed by atoms with van der Waals surface area (Å²) in [5, 5.41) is 10.3. The molecule has 0 fully saturated rings. The van der Waals surface area contributed by atoms with Crippen LogP contribution in [0, 0.1) is 5.92 Å². The monoisotopic (exact) mass is 332 g/mol. The minimum atomic E-state index is -0.930. The number of hydrogen-bond acceptors (Lipinski definition) is 5. The molecule has 0 aliphatic rings. The van der Waals surface area contributed by atoms with Crippen molar-refractivity contribution in [3.05, 3.63) is 60.2 Å². The lowest BCUT2D eigenvalue weighted by Crippen LogP contribution is -2.19. The van der Waals surface area contributed by atoms with Crippen molar-refractivity contribution in [2.75, 3.05) is 13.2 Å². The second-order valence-electron chi connectivity index (χ2n) is 5.07. The van der Waals surface area contributed by atoms with Gasteiger partial charge in [0.1, 0.15) is 0 Å². The van der Waals surface area contributed by atoms with Gasteiger partial charge in [0.2, 0.25) is 0 Å². The Morgan fingerprint density at radius 1 is 1.00 bits per heavy atom. The molecular weight excluding hydrogens is 308 g/mol. The van der Waals surface area contributed by atoms with Gasteiger partial charge in [-0.15, -0.1) is 0 Å². The quantitative estimate of drug-likeness (QED) is 0.555. The fourth-order valence-corrected chi connectivity index (χ4v) is 2.09. The number of benzene rings is 1. The fraction of sp³-hybridized carbons (Fsp3) is 0.368. The van der Waals surface area contributed by atoms with Gasteiger partial charge in [0.25, 0.3) is 0 Å². The SMILES string of the molecule is CCOC(=O)/C=C/[C@@H](O)[C@@H](/C=C/C(=O)OCC)Cc1ccccc1. The zero-order chi connectivity index (χ0) is 17.8. The van der Waals surface area contributed by atoms with Crippen LogP contribution in [0.1, 0.15) is 19.4 Å². The summed E-state index contributed by atoms with van der Waals surface area (Å²) in [6.07, 6.45) is 5.07. The van der Waals surface area contributed by atoms with E-state index in [-0.39, 0.29) is 19.1 Å². The van der Waals surface area contributed by atoms with E-state index < -0.39 is 18.0 Å². The lowest BCUT2D eigenvalue weighted by molar-refractivity contribution is -0.138. The molecule has 24 heavy (non-hydrogen) atoms. The normalized spacial score (nSPS) is 13.8. The van der Waals surface area contributed by atoms with Crippen molar-refractivity contribution in [1.29, 1.82) is 0 Å². The highest BCUT2D eigenvalue weighted by Crippen LogP contribution is 2.16. The third kappa shape index (κ3) is 7.74. The highest BCUT2D eigenvalue weighted by Gasteiger charge is 2.16. The number of aliphatic hydroxyl groups is 1. The molecule has 0 aliphatic heterocycles. The van der Waals surface area contributed by atoms with E-state index in [1.807, 2.05) is 30.3 Å². The van der Waals surface area contributed by atoms with Crippen molar-refractivity contribution in [1.82, 2.24) is 0 Å². The summed E-state index contributed by atoms with van der Waals surface area (Å²) < 4.78 is 9.64. The van der Waals surface area contributed by atoms with Gasteiger partial charge in [-0.25, -0.2) is 9.59 Å². The van der Waals surface area contributed by atoms with Gasteiger partial charge in [-0.3, -0.25) is 0 Å². The predicted octanol–water partition coefficient (Wildman–Crippen LogP) is 2.44. The van der Waals surface area contributed by atoms with Crippen LogP contribution in [0.4, 0.5) is 0 Å². The molecule has 1 rings (SSSR count). The molecule has 0 radical (unpaired) electrons. The molecule has 2 atom stereocenters. The van der Waals surface area contributed by atoms with E-state index >= 15 is 0 Å². The first kappa shape index (κ1) is 19.6. The van der Waals surface area contributed by atoms with Crippen molar-refractivity contribution >= 4 is 11.9 Å². The molecule has 0 saturated carbocycles. The summed E-state index contributed by atoms with van der Waals surface area (Å²) in [5.41, 5.74) is 1.01. The molecule has 5 heteroatoms. The van der Waals surface area contributed by atoms with Crippen LogP contribution in [0.5, 0.6) is 0 Å². The first-order valence-corrected chi connectivity index (χ1v) is 7.98. The molecule has 0 saturated heterocycles. The Kier molecular flexibility index (Phi) is 9.16. The highest BCUT2D eigenvalue weighted by atomic mass is 16.5. The number of ether oxygens (including phenoxy) is 2. The van der Waals surface area contributed by atoms with E-state index in [1.165, 1.54) is 18.2 Å². The number of hydrogen-bond donors (Lipinski definition) is 1. The van der Waals surface area contributed by atoms with Crippen molar-refractivity contribution in [3.8, 4) is 0 Å². The van der Waals surface area contributed by atoms with Crippen LogP contribution in [0.25, 0.3) is 0 Å². The van der Waals surface area contributed by atoms with E-state index in [0.717, 1.165) is 5.56 Å². The van der Waals surface area contributed by atoms with E-state index in [9.17, 15) is 14.7 Å². The smallest absolute Gasteiger partial charge is 0.330 e. The zero-order valence-electron chi connectivity index (χ0n) is 14.1. The van der Waals surface area contributed by atoms with Crippen LogP contribution >= 0.6 is 0 Å². The van der Waals surface area contributed by atoms with Crippen LogP contribution in [-0.2, 0) is 25.5 Å². The van der Waals surface area contributed by atoms with Gasteiger partial charge in [0.15, 0.2) is 0 Å². The van der Waals surface area contributed by atoms with Crippen LogP contribution in [0.2, 0.25) is 0 Å². The Hall–Kier alpha value is -2.40. The van der Waals surface area contributed by atoms with Crippen molar-refractivity contribution < 1.29 is 24.2 Å². The molecule has 0 bridgehead atoms. The van der Waals surface area contributed by atoms with E-state index in [2.05, 4.69) is 0 Å². The highest BCUT2D eigenvalue weighted by molar-refractivity contribution is 5.82. The molecule has 0 amide bonds. The molecule has 1 aromatic carbocycles. The van der Waals surface area contributed by atoms with Crippen molar-refractivity contribution in [2.45, 2.75) is 26.4 Å². The second-order valence-corrected chi connectivity index (χ2v) is 5.07. The molecule has 0 unspecified atom stereocenters. The van der Waals surface area contributed by atoms with Crippen LogP contribution in [0.15, 0.2) is 54.6 Å². The Labute approximate surface area is 142 Å². The average molecular weight is 332 g/mol. The largest absolute Gasteiger partial charge is 0.463 e. The minimum Gasteiger partial charge on any atom is -0.463 e. The van der Waals surface area contributed by atoms with Crippen molar-refractivity contribution in [3.63, 3.8) is 0 Å². The molecule has 0 aromatic heterocycles. The van der Waals surface area contributed by atoms with Gasteiger partial charge in [0, 0.05) is 18.1 Å². The molecule has 0 heterocycles. The molecule has 130 valence electrons. The third-order valence-corrected chi connectivity index (χ3v) is 3.24. The van der Waals surface area contributed by atoms with E-state index in [0.29, 0.717) is 6.42 Å². The van der Waals surface area contributed by atoms with E-state index in [1.54, 1.807) is 19.9 Å². The van der Waals surface area contributed by atoms with Gasteiger partial charge in [-0.1, -0.05) is 36.4 Å². The summed E-state index contributed by atoms with van der Waals surface area (Å²) in [4.78, 5) is 22.9. The number of esters is 2. The molecule has 0 spiro atoms. The molecule has 1 aromatic rings. The Bertz CT molecular complexity index is 562. The first-order valence-electron chi connectivity index (χ1n) is 7.98. The molecule has 5 nitrogen and oxygen atoms in total. The van der Waals surface area contributed by atoms with Crippen LogP contribution < -0.4 is 0 Å². The van der Waals surface area contributed by atoms with Crippen LogP contribution in [-0.4, -0.2) is 36.4 Å².